The van der Waals surface area contributed by atoms with Gasteiger partial charge in [0, 0.05) is 37.1 Å². The molecule has 2 heterocycles. The van der Waals surface area contributed by atoms with Gasteiger partial charge in [0.15, 0.2) is 0 Å². The van der Waals surface area contributed by atoms with Crippen LogP contribution in [0.2, 0.25) is 0 Å². The van der Waals surface area contributed by atoms with Gasteiger partial charge in [-0.2, -0.15) is 0 Å². The van der Waals surface area contributed by atoms with Crippen LogP contribution in [0.3, 0.4) is 0 Å². The standard InChI is InChI=1S/C29H29N5O2/c30-11-13-34(27(19-35)20-6-2-1-3-7-20)18-25-10-9-21-14-22-15-24(16-23(22)17-26(21)32-25)29(36)33-28-8-4-5-12-31-28/h1-10,12,14,17,19,24,27H,11,13,15-16,18,30H2,(H,31,33,36)/t24-,27?/m1/s1. The van der Waals surface area contributed by atoms with Crippen molar-refractivity contribution < 1.29 is 9.59 Å². The van der Waals surface area contributed by atoms with Gasteiger partial charge in [0.2, 0.25) is 5.91 Å². The van der Waals surface area contributed by atoms with Crippen LogP contribution >= 0.6 is 0 Å². The SMILES string of the molecule is NCCN(Cc1ccc2cc3c(cc2n1)C[C@H](C(=O)Nc1ccccn1)C3)C(C=O)c1ccccc1. The van der Waals surface area contributed by atoms with E-state index in [-0.39, 0.29) is 17.9 Å². The predicted octanol–water partition coefficient (Wildman–Crippen LogP) is 3.68. The summed E-state index contributed by atoms with van der Waals surface area (Å²) in [6.07, 6.45) is 4.01. The highest BCUT2D eigenvalue weighted by Crippen LogP contribution is 2.31. The largest absolute Gasteiger partial charge is 0.329 e. The molecule has 7 nitrogen and oxygen atoms in total. The molecule has 0 saturated heterocycles. The maximum atomic E-state index is 12.8. The molecule has 7 heteroatoms. The summed E-state index contributed by atoms with van der Waals surface area (Å²) in [5, 5.41) is 3.97. The lowest BCUT2D eigenvalue weighted by atomic mass is 10.0. The number of fused-ring (bicyclic) bond motifs is 2. The average molecular weight is 480 g/mol. The zero-order chi connectivity index (χ0) is 24.9. The molecule has 1 aliphatic rings. The first-order chi connectivity index (χ1) is 17.6. The molecular formula is C29H29N5O2. The van der Waals surface area contributed by atoms with Gasteiger partial charge in [-0.3, -0.25) is 14.7 Å². The fourth-order valence-corrected chi connectivity index (χ4v) is 4.94. The van der Waals surface area contributed by atoms with Crippen LogP contribution in [0.25, 0.3) is 10.9 Å². The second-order valence-corrected chi connectivity index (χ2v) is 9.18. The van der Waals surface area contributed by atoms with E-state index in [9.17, 15) is 9.59 Å². The van der Waals surface area contributed by atoms with Gasteiger partial charge < -0.3 is 15.8 Å². The van der Waals surface area contributed by atoms with E-state index in [0.717, 1.165) is 34.0 Å². The molecule has 0 bridgehead atoms. The molecule has 0 saturated carbocycles. The Morgan fingerprint density at radius 1 is 1.06 bits per heavy atom. The van der Waals surface area contributed by atoms with E-state index in [2.05, 4.69) is 33.4 Å². The molecule has 3 N–H and O–H groups in total. The maximum absolute atomic E-state index is 12.8. The Hall–Kier alpha value is -3.94. The van der Waals surface area contributed by atoms with Crippen molar-refractivity contribution in [2.45, 2.75) is 25.4 Å². The van der Waals surface area contributed by atoms with Crippen LogP contribution in [0, 0.1) is 5.92 Å². The average Bonchev–Trinajstić information content (AvgIpc) is 3.32. The van der Waals surface area contributed by atoms with E-state index >= 15 is 0 Å². The number of pyridine rings is 2. The predicted molar refractivity (Wildman–Crippen MR) is 140 cm³/mol. The number of rotatable bonds is 9. The van der Waals surface area contributed by atoms with Gasteiger partial charge in [0.05, 0.1) is 17.3 Å². The lowest BCUT2D eigenvalue weighted by molar-refractivity contribution is -0.119. The molecule has 2 aromatic carbocycles. The third-order valence-electron chi connectivity index (χ3n) is 6.73. The van der Waals surface area contributed by atoms with Crippen molar-refractivity contribution in [2.24, 2.45) is 11.7 Å². The number of nitrogens with zero attached hydrogens (tertiary/aromatic N) is 3. The molecule has 0 spiro atoms. The smallest absolute Gasteiger partial charge is 0.229 e. The minimum Gasteiger partial charge on any atom is -0.329 e. The monoisotopic (exact) mass is 479 g/mol. The summed E-state index contributed by atoms with van der Waals surface area (Å²) in [5.41, 5.74) is 10.9. The van der Waals surface area contributed by atoms with E-state index in [1.807, 2.05) is 48.5 Å². The number of carbonyl (C=O) groups is 2. The summed E-state index contributed by atoms with van der Waals surface area (Å²) < 4.78 is 0. The number of hydrogen-bond acceptors (Lipinski definition) is 6. The van der Waals surface area contributed by atoms with E-state index in [0.29, 0.717) is 38.3 Å². The van der Waals surface area contributed by atoms with E-state index < -0.39 is 0 Å². The Morgan fingerprint density at radius 3 is 2.56 bits per heavy atom. The number of nitrogens with two attached hydrogens (primary N) is 1. The zero-order valence-corrected chi connectivity index (χ0v) is 20.0. The second-order valence-electron chi connectivity index (χ2n) is 9.18. The molecule has 0 aliphatic heterocycles. The van der Waals surface area contributed by atoms with Crippen LogP contribution in [0.1, 0.15) is 28.4 Å². The maximum Gasteiger partial charge on any atom is 0.229 e. The molecule has 0 fully saturated rings. The van der Waals surface area contributed by atoms with Crippen LogP contribution in [0.4, 0.5) is 5.82 Å². The molecule has 36 heavy (non-hydrogen) atoms. The van der Waals surface area contributed by atoms with Gasteiger partial charge >= 0.3 is 0 Å². The number of hydrogen-bond donors (Lipinski definition) is 2. The van der Waals surface area contributed by atoms with Crippen molar-refractivity contribution in [3.8, 4) is 0 Å². The van der Waals surface area contributed by atoms with Gasteiger partial charge in [-0.05, 0) is 59.9 Å². The summed E-state index contributed by atoms with van der Waals surface area (Å²) in [6.45, 7) is 1.53. The van der Waals surface area contributed by atoms with E-state index in [1.54, 1.807) is 12.3 Å². The quantitative estimate of drug-likeness (QED) is 0.355. The Balaban J connectivity index is 1.34. The van der Waals surface area contributed by atoms with Crippen LogP contribution < -0.4 is 11.1 Å². The topological polar surface area (TPSA) is 101 Å². The molecule has 1 amide bonds. The van der Waals surface area contributed by atoms with Crippen molar-refractivity contribution in [2.75, 3.05) is 18.4 Å². The van der Waals surface area contributed by atoms with Crippen LogP contribution in [-0.2, 0) is 29.0 Å². The first kappa shape index (κ1) is 23.8. The van der Waals surface area contributed by atoms with Gasteiger partial charge in [-0.25, -0.2) is 4.98 Å². The molecule has 0 radical (unpaired) electrons. The highest BCUT2D eigenvalue weighted by Gasteiger charge is 2.28. The van der Waals surface area contributed by atoms with E-state index in [4.69, 9.17) is 10.7 Å². The van der Waals surface area contributed by atoms with Crippen LogP contribution in [-0.4, -0.2) is 40.2 Å². The Kier molecular flexibility index (Phi) is 7.11. The molecule has 1 unspecified atom stereocenters. The Bertz CT molecular complexity index is 1360. The van der Waals surface area contributed by atoms with Crippen molar-refractivity contribution in [3.05, 3.63) is 101 Å². The number of anilines is 1. The lowest BCUT2D eigenvalue weighted by Crippen LogP contribution is -2.34. The molecule has 1 aliphatic carbocycles. The molecule has 2 aromatic heterocycles. The minimum atomic E-state index is -0.384. The second kappa shape index (κ2) is 10.8. The Morgan fingerprint density at radius 2 is 1.83 bits per heavy atom. The fraction of sp³-hybridized carbons (Fsp3) is 0.241. The van der Waals surface area contributed by atoms with Gasteiger partial charge in [0.1, 0.15) is 12.1 Å². The third-order valence-corrected chi connectivity index (χ3v) is 6.73. The highest BCUT2D eigenvalue weighted by molar-refractivity contribution is 5.93. The molecule has 4 aromatic rings. The number of amides is 1. The molecule has 2 atom stereocenters. The van der Waals surface area contributed by atoms with Crippen molar-refractivity contribution >= 4 is 28.9 Å². The van der Waals surface area contributed by atoms with E-state index in [1.165, 1.54) is 5.56 Å². The first-order valence-corrected chi connectivity index (χ1v) is 12.2. The number of aldehydes is 1. The zero-order valence-electron chi connectivity index (χ0n) is 20.0. The van der Waals surface area contributed by atoms with Gasteiger partial charge in [-0.15, -0.1) is 0 Å². The minimum absolute atomic E-state index is 0.0131. The van der Waals surface area contributed by atoms with Crippen molar-refractivity contribution in [1.29, 1.82) is 0 Å². The summed E-state index contributed by atoms with van der Waals surface area (Å²) in [5.74, 6) is 0.430. The summed E-state index contributed by atoms with van der Waals surface area (Å²) in [7, 11) is 0. The van der Waals surface area contributed by atoms with Crippen LogP contribution in [0.5, 0.6) is 0 Å². The number of carbonyl (C=O) groups excluding carboxylic acids is 2. The highest BCUT2D eigenvalue weighted by atomic mass is 16.2. The molecule has 182 valence electrons. The van der Waals surface area contributed by atoms with Gasteiger partial charge in [-0.1, -0.05) is 42.5 Å². The summed E-state index contributed by atoms with van der Waals surface area (Å²) >= 11 is 0. The molecule has 5 rings (SSSR count). The lowest BCUT2D eigenvalue weighted by Gasteiger charge is -2.27. The summed E-state index contributed by atoms with van der Waals surface area (Å²) in [6, 6.07) is 23.1. The Labute approximate surface area is 210 Å². The first-order valence-electron chi connectivity index (χ1n) is 12.2. The normalized spacial score (nSPS) is 15.6. The number of aromatic nitrogens is 2. The third kappa shape index (κ3) is 5.17. The molecular weight excluding hydrogens is 450 g/mol. The van der Waals surface area contributed by atoms with Gasteiger partial charge in [0.25, 0.3) is 0 Å². The number of nitrogens with one attached hydrogen (secondary N) is 1. The van der Waals surface area contributed by atoms with Crippen LogP contribution in [0.15, 0.2) is 79.0 Å². The fourth-order valence-electron chi connectivity index (χ4n) is 4.94. The van der Waals surface area contributed by atoms with Crippen molar-refractivity contribution in [1.82, 2.24) is 14.9 Å². The van der Waals surface area contributed by atoms with Crippen molar-refractivity contribution in [3.63, 3.8) is 0 Å². The number of benzene rings is 2. The summed E-state index contributed by atoms with van der Waals surface area (Å²) in [4.78, 5) is 36.0.